The Morgan fingerprint density at radius 2 is 0.458 bits per heavy atom. The summed E-state index contributed by atoms with van der Waals surface area (Å²) in [6.07, 6.45) is 0. The maximum absolute atomic E-state index is 8.88. The van der Waals surface area contributed by atoms with Gasteiger partial charge < -0.3 is 99.4 Å². The van der Waals surface area contributed by atoms with E-state index in [0.29, 0.717) is 0 Å². The molecule has 0 aromatic heterocycles. The average molecular weight is 482 g/mol. The Morgan fingerprint density at radius 1 is 0.458 bits per heavy atom. The van der Waals surface area contributed by atoms with Crippen molar-refractivity contribution >= 4 is 104 Å². The molecular formula is H3Al4O16PSi3. The van der Waals surface area contributed by atoms with E-state index in [-0.39, 0.29) is 69.4 Å². The predicted octanol–water partition coefficient (Wildman–Crippen LogP) is -17.9. The van der Waals surface area contributed by atoms with Crippen molar-refractivity contribution in [1.82, 2.24) is 0 Å². The second-order valence-corrected chi connectivity index (χ2v) is 6.04. The molecule has 0 fully saturated rings. The number of phosphoric acid groups is 1. The van der Waals surface area contributed by atoms with Crippen LogP contribution in [-0.2, 0) is 4.57 Å². The quantitative estimate of drug-likeness (QED) is 0.213. The van der Waals surface area contributed by atoms with Crippen LogP contribution in [0.2, 0.25) is 0 Å². The maximum Gasteiger partial charge on any atom is 3.00 e. The van der Waals surface area contributed by atoms with Gasteiger partial charge in [0.15, 0.2) is 0 Å². The molecule has 0 bridgehead atoms. The van der Waals surface area contributed by atoms with Gasteiger partial charge in [-0.25, -0.2) is 4.57 Å². The van der Waals surface area contributed by atoms with Crippen LogP contribution in [0.5, 0.6) is 0 Å². The van der Waals surface area contributed by atoms with Gasteiger partial charge in [0.2, 0.25) is 0 Å². The minimum absolute atomic E-state index is 0. The Morgan fingerprint density at radius 3 is 0.458 bits per heavy atom. The van der Waals surface area contributed by atoms with E-state index in [1.54, 1.807) is 0 Å². The summed E-state index contributed by atoms with van der Waals surface area (Å²) in [7, 11) is -21.5. The van der Waals surface area contributed by atoms with Crippen molar-refractivity contribution in [3.63, 3.8) is 0 Å². The largest absolute Gasteiger partial charge is 3.00 e. The van der Waals surface area contributed by atoms with E-state index in [1.807, 2.05) is 0 Å². The fourth-order valence-corrected chi connectivity index (χ4v) is 0. The van der Waals surface area contributed by atoms with Crippen LogP contribution in [0.15, 0.2) is 0 Å². The third kappa shape index (κ3) is 2300. The topological polar surface area (TPSA) is 354 Å². The molecule has 0 atom stereocenters. The Balaban J connectivity index is -0.0000000225. The summed E-state index contributed by atoms with van der Waals surface area (Å²) in [5.41, 5.74) is 0. The third-order valence-corrected chi connectivity index (χ3v) is 0. The van der Waals surface area contributed by atoms with E-state index < -0.39 is 35.0 Å². The number of hydrogen-bond acceptors (Lipinski definition) is 13. The summed E-state index contributed by atoms with van der Waals surface area (Å²) >= 11 is 0. The van der Waals surface area contributed by atoms with Crippen molar-refractivity contribution < 1.29 is 76.8 Å². The molecule has 24 heavy (non-hydrogen) atoms. The van der Waals surface area contributed by atoms with Crippen molar-refractivity contribution in [1.29, 1.82) is 0 Å². The van der Waals surface area contributed by atoms with Crippen LogP contribution in [0.4, 0.5) is 0 Å². The first-order chi connectivity index (χ1) is 8.00. The molecule has 0 amide bonds. The zero-order valence-corrected chi connectivity index (χ0v) is 19.4. The van der Waals surface area contributed by atoms with Crippen molar-refractivity contribution in [3.8, 4) is 0 Å². The minimum Gasteiger partial charge on any atom is -0.894 e. The zero-order valence-electron chi connectivity index (χ0n) is 10.9. The van der Waals surface area contributed by atoms with Crippen molar-refractivity contribution in [2.24, 2.45) is 0 Å². The first kappa shape index (κ1) is 50.3. The van der Waals surface area contributed by atoms with Crippen LogP contribution in [0.25, 0.3) is 0 Å². The fourth-order valence-electron chi connectivity index (χ4n) is 0. The minimum atomic E-state index is -5.61. The predicted molar refractivity (Wildman–Crippen MR) is 54.5 cm³/mol. The Kier molecular flexibility index (Phi) is 45.5. The molecule has 0 aliphatic carbocycles. The van der Waals surface area contributed by atoms with E-state index in [2.05, 4.69) is 0 Å². The summed E-state index contributed by atoms with van der Waals surface area (Å²) in [5.74, 6) is 0. The molecule has 24 heteroatoms. The molecule has 0 aliphatic heterocycles. The van der Waals surface area contributed by atoms with Gasteiger partial charge in [0.25, 0.3) is 0 Å². The zero-order chi connectivity index (χ0) is 18.0. The molecule has 0 aromatic rings. The maximum atomic E-state index is 8.88. The van der Waals surface area contributed by atoms with Gasteiger partial charge in [0.1, 0.15) is 0 Å². The van der Waals surface area contributed by atoms with E-state index in [1.165, 1.54) is 0 Å². The van der Waals surface area contributed by atoms with Crippen LogP contribution in [0, 0.1) is 0 Å². The fraction of sp³-hybridized carbons (Fsp3) is 0. The van der Waals surface area contributed by atoms with E-state index in [4.69, 9.17) is 76.8 Å². The summed E-state index contributed by atoms with van der Waals surface area (Å²) in [4.78, 5) is 124. The van der Waals surface area contributed by atoms with Gasteiger partial charge in [-0.2, -0.15) is 0 Å². The first-order valence-corrected chi connectivity index (χ1v) is 9.70. The molecule has 0 heterocycles. The van der Waals surface area contributed by atoms with Crippen LogP contribution >= 0.6 is 7.82 Å². The number of rotatable bonds is 0. The van der Waals surface area contributed by atoms with Gasteiger partial charge >= 0.3 is 77.3 Å². The Hall–Kier alpha value is 2.41. The van der Waals surface area contributed by atoms with E-state index in [9.17, 15) is 0 Å². The molecule has 3 N–H and O–H groups in total. The monoisotopic (exact) mass is 482 g/mol. The molecule has 16 nitrogen and oxygen atoms in total. The molecule has 128 valence electrons. The van der Waals surface area contributed by atoms with Crippen LogP contribution in [0.1, 0.15) is 0 Å². The molecule has 0 aliphatic rings. The normalized spacial score (nSPS) is 9.96. The van der Waals surface area contributed by atoms with Crippen molar-refractivity contribution in [3.05, 3.63) is 0 Å². The summed E-state index contributed by atoms with van der Waals surface area (Å²) in [5, 5.41) is 0. The van der Waals surface area contributed by atoms with Crippen LogP contribution in [0.3, 0.4) is 0 Å². The molecule has 0 saturated heterocycles. The summed E-state index contributed by atoms with van der Waals surface area (Å²) in [6.45, 7) is 0. The van der Waals surface area contributed by atoms with Gasteiger partial charge in [-0.3, -0.25) is 0 Å². The molecule has 0 rings (SSSR count). The van der Waals surface area contributed by atoms with E-state index in [0.717, 1.165) is 0 Å². The molecular weight excluding hydrogens is 479 g/mol. The summed E-state index contributed by atoms with van der Waals surface area (Å²) in [6, 6.07) is 0. The molecule has 0 saturated carbocycles. The van der Waals surface area contributed by atoms with Gasteiger partial charge in [-0.15, -0.1) is 0 Å². The smallest absolute Gasteiger partial charge is 0.894 e. The van der Waals surface area contributed by atoms with Gasteiger partial charge in [-0.1, -0.05) is 0 Å². The first-order valence-electron chi connectivity index (χ1n) is 3.23. The third-order valence-electron chi connectivity index (χ3n) is 0. The second kappa shape index (κ2) is 21.7. The molecule has 0 radical (unpaired) electrons. The summed E-state index contributed by atoms with van der Waals surface area (Å²) < 4.78 is 8.88. The van der Waals surface area contributed by atoms with Crippen LogP contribution in [-0.4, -0.2) is 111 Å². The second-order valence-electron chi connectivity index (χ2n) is 2.01. The van der Waals surface area contributed by atoms with Crippen molar-refractivity contribution in [2.75, 3.05) is 0 Å². The van der Waals surface area contributed by atoms with Gasteiger partial charge in [-0.05, 0) is 0 Å². The van der Waals surface area contributed by atoms with Crippen molar-refractivity contribution in [2.45, 2.75) is 0 Å². The Labute approximate surface area is 180 Å². The van der Waals surface area contributed by atoms with E-state index >= 15 is 0 Å². The molecule has 0 unspecified atom stereocenters. The standard InChI is InChI=1S/4Al.H3O4P.3O4Si/c;;;;4*1-5(2,3)4/h;;;;(H3,1,2,3,4);;;/q4*+3;;3*-4. The molecule has 0 spiro atoms. The number of hydrogen-bond donors (Lipinski definition) is 3. The molecule has 0 aromatic carbocycles. The SMILES string of the molecule is O=P(O)(O)O.[Al+3].[Al+3].[Al+3].[Al+3].[O-][Si]([O-])([O-])[O-].[O-][Si]([O-])([O-])[O-].[O-][Si]([O-])([O-])[O-]. The van der Waals surface area contributed by atoms with Gasteiger partial charge in [0.05, 0.1) is 0 Å². The average Bonchev–Trinajstić information content (AvgIpc) is 1.62. The Bertz CT molecular complexity index is 207. The van der Waals surface area contributed by atoms with Gasteiger partial charge in [0, 0.05) is 0 Å². The van der Waals surface area contributed by atoms with Crippen LogP contribution < -0.4 is 57.5 Å².